The first kappa shape index (κ1) is 12.7. The molecule has 2 N–H and O–H groups in total. The predicted octanol–water partition coefficient (Wildman–Crippen LogP) is 2.92. The number of nitrogens with two attached hydrogens (primary N) is 1. The summed E-state index contributed by atoms with van der Waals surface area (Å²) in [5, 5.41) is 7.80. The van der Waals surface area contributed by atoms with Crippen molar-refractivity contribution >= 4 is 0 Å². The lowest BCUT2D eigenvalue weighted by atomic mass is 10.1. The molecule has 1 heterocycles. The average Bonchev–Trinajstić information content (AvgIpc) is 2.77. The van der Waals surface area contributed by atoms with Crippen molar-refractivity contribution in [3.8, 4) is 11.5 Å². The van der Waals surface area contributed by atoms with Crippen LogP contribution in [0.1, 0.15) is 32.2 Å². The molecule has 1 aromatic carbocycles. The van der Waals surface area contributed by atoms with Gasteiger partial charge in [-0.05, 0) is 30.5 Å². The van der Waals surface area contributed by atoms with E-state index in [0.29, 0.717) is 23.3 Å². The Bertz CT molecular complexity index is 524. The van der Waals surface area contributed by atoms with Crippen LogP contribution in [-0.2, 0) is 0 Å². The van der Waals surface area contributed by atoms with Gasteiger partial charge in [0.2, 0.25) is 11.8 Å². The molecule has 1 unspecified atom stereocenters. The van der Waals surface area contributed by atoms with E-state index < -0.39 is 0 Å². The number of aromatic nitrogens is 2. The maximum absolute atomic E-state index is 13.1. The summed E-state index contributed by atoms with van der Waals surface area (Å²) in [6.07, 6.45) is 0.769. The first-order chi connectivity index (χ1) is 8.56. The average molecular weight is 249 g/mol. The predicted molar refractivity (Wildman–Crippen MR) is 66.1 cm³/mol. The third-order valence-corrected chi connectivity index (χ3v) is 2.55. The molecule has 96 valence electrons. The summed E-state index contributed by atoms with van der Waals surface area (Å²) in [6.45, 7) is 4.15. The van der Waals surface area contributed by atoms with Gasteiger partial charge in [-0.15, -0.1) is 10.2 Å². The summed E-state index contributed by atoms with van der Waals surface area (Å²) in [4.78, 5) is 0. The van der Waals surface area contributed by atoms with Crippen molar-refractivity contribution in [2.45, 2.75) is 26.3 Å². The molecular formula is C13H16FN3O. The minimum atomic E-state index is -0.335. The Morgan fingerprint density at radius 2 is 2.11 bits per heavy atom. The zero-order chi connectivity index (χ0) is 13.1. The summed E-state index contributed by atoms with van der Waals surface area (Å²) in [5.41, 5.74) is 6.51. The number of nitrogens with zero attached hydrogens (tertiary/aromatic N) is 2. The molecule has 0 saturated carbocycles. The van der Waals surface area contributed by atoms with E-state index in [1.165, 1.54) is 12.1 Å². The van der Waals surface area contributed by atoms with Crippen LogP contribution < -0.4 is 5.73 Å². The summed E-state index contributed by atoms with van der Waals surface area (Å²) < 4.78 is 18.5. The molecule has 2 rings (SSSR count). The van der Waals surface area contributed by atoms with Gasteiger partial charge in [-0.2, -0.15) is 0 Å². The topological polar surface area (TPSA) is 64.9 Å². The molecular weight excluding hydrogens is 233 g/mol. The van der Waals surface area contributed by atoms with Crippen LogP contribution in [0.4, 0.5) is 4.39 Å². The van der Waals surface area contributed by atoms with Crippen LogP contribution in [0.3, 0.4) is 0 Å². The first-order valence-electron chi connectivity index (χ1n) is 5.91. The molecule has 0 bridgehead atoms. The van der Waals surface area contributed by atoms with Gasteiger partial charge in [-0.1, -0.05) is 19.9 Å². The molecule has 18 heavy (non-hydrogen) atoms. The Morgan fingerprint density at radius 3 is 2.78 bits per heavy atom. The van der Waals surface area contributed by atoms with E-state index >= 15 is 0 Å². The molecule has 0 aliphatic rings. The summed E-state index contributed by atoms with van der Waals surface area (Å²) in [6, 6.07) is 5.76. The number of benzene rings is 1. The number of hydrogen-bond donors (Lipinski definition) is 1. The Balaban J connectivity index is 2.20. The monoisotopic (exact) mass is 249 g/mol. The molecule has 0 radical (unpaired) electrons. The SMILES string of the molecule is CC(C)CC(N)c1nnc(-c2cccc(F)c2)o1. The number of halogens is 1. The van der Waals surface area contributed by atoms with Crippen LogP contribution in [0, 0.1) is 11.7 Å². The van der Waals surface area contributed by atoms with Crippen molar-refractivity contribution in [3.05, 3.63) is 36.0 Å². The lowest BCUT2D eigenvalue weighted by molar-refractivity contribution is 0.408. The van der Waals surface area contributed by atoms with E-state index in [4.69, 9.17) is 10.2 Å². The fraction of sp³-hybridized carbons (Fsp3) is 0.385. The molecule has 1 atom stereocenters. The van der Waals surface area contributed by atoms with E-state index in [2.05, 4.69) is 24.0 Å². The fourth-order valence-electron chi connectivity index (χ4n) is 1.73. The maximum Gasteiger partial charge on any atom is 0.247 e. The van der Waals surface area contributed by atoms with Gasteiger partial charge in [-0.3, -0.25) is 0 Å². The molecule has 0 amide bonds. The lowest BCUT2D eigenvalue weighted by Gasteiger charge is -2.08. The van der Waals surface area contributed by atoms with E-state index in [1.807, 2.05) is 0 Å². The zero-order valence-electron chi connectivity index (χ0n) is 10.4. The maximum atomic E-state index is 13.1. The molecule has 0 aliphatic carbocycles. The van der Waals surface area contributed by atoms with Crippen LogP contribution in [0.5, 0.6) is 0 Å². The Kier molecular flexibility index (Phi) is 3.72. The summed E-state index contributed by atoms with van der Waals surface area (Å²) >= 11 is 0. The molecule has 2 aromatic rings. The number of hydrogen-bond acceptors (Lipinski definition) is 4. The van der Waals surface area contributed by atoms with Gasteiger partial charge in [-0.25, -0.2) is 4.39 Å². The standard InChI is InChI=1S/C13H16FN3O/c1-8(2)6-11(15)13-17-16-12(18-13)9-4-3-5-10(14)7-9/h3-5,7-8,11H,6,15H2,1-2H3. The summed E-state index contributed by atoms with van der Waals surface area (Å²) in [7, 11) is 0. The quantitative estimate of drug-likeness (QED) is 0.904. The van der Waals surface area contributed by atoms with Crippen LogP contribution in [0.15, 0.2) is 28.7 Å². The smallest absolute Gasteiger partial charge is 0.247 e. The zero-order valence-corrected chi connectivity index (χ0v) is 10.4. The molecule has 5 heteroatoms. The van der Waals surface area contributed by atoms with Crippen molar-refractivity contribution in [3.63, 3.8) is 0 Å². The highest BCUT2D eigenvalue weighted by atomic mass is 19.1. The van der Waals surface area contributed by atoms with Crippen LogP contribution in [0.2, 0.25) is 0 Å². The van der Waals surface area contributed by atoms with Gasteiger partial charge >= 0.3 is 0 Å². The minimum Gasteiger partial charge on any atom is -0.419 e. The Morgan fingerprint density at radius 1 is 1.33 bits per heavy atom. The molecule has 0 fully saturated rings. The fourth-order valence-corrected chi connectivity index (χ4v) is 1.73. The molecule has 0 aliphatic heterocycles. The summed E-state index contributed by atoms with van der Waals surface area (Å²) in [5.74, 6) is 0.801. The van der Waals surface area contributed by atoms with Crippen molar-refractivity contribution in [2.24, 2.45) is 11.7 Å². The second kappa shape index (κ2) is 5.27. The van der Waals surface area contributed by atoms with Crippen molar-refractivity contribution in [1.29, 1.82) is 0 Å². The third kappa shape index (κ3) is 2.92. The second-order valence-electron chi connectivity index (χ2n) is 4.69. The van der Waals surface area contributed by atoms with Gasteiger partial charge in [0.25, 0.3) is 0 Å². The Labute approximate surface area is 105 Å². The van der Waals surface area contributed by atoms with E-state index in [1.54, 1.807) is 12.1 Å². The first-order valence-corrected chi connectivity index (χ1v) is 5.91. The van der Waals surface area contributed by atoms with Crippen molar-refractivity contribution in [2.75, 3.05) is 0 Å². The lowest BCUT2D eigenvalue weighted by Crippen LogP contribution is -2.13. The van der Waals surface area contributed by atoms with E-state index in [0.717, 1.165) is 6.42 Å². The molecule has 0 spiro atoms. The van der Waals surface area contributed by atoms with E-state index in [-0.39, 0.29) is 11.9 Å². The Hall–Kier alpha value is -1.75. The highest BCUT2D eigenvalue weighted by Crippen LogP contribution is 2.23. The molecule has 0 saturated heterocycles. The third-order valence-electron chi connectivity index (χ3n) is 2.55. The van der Waals surface area contributed by atoms with E-state index in [9.17, 15) is 4.39 Å². The highest BCUT2D eigenvalue weighted by Gasteiger charge is 2.16. The molecule has 1 aromatic heterocycles. The van der Waals surface area contributed by atoms with Gasteiger partial charge < -0.3 is 10.2 Å². The normalized spacial score (nSPS) is 12.9. The van der Waals surface area contributed by atoms with Crippen LogP contribution >= 0.6 is 0 Å². The van der Waals surface area contributed by atoms with Crippen LogP contribution in [0.25, 0.3) is 11.5 Å². The second-order valence-corrected chi connectivity index (χ2v) is 4.69. The van der Waals surface area contributed by atoms with Crippen LogP contribution in [-0.4, -0.2) is 10.2 Å². The van der Waals surface area contributed by atoms with Gasteiger partial charge in [0, 0.05) is 5.56 Å². The largest absolute Gasteiger partial charge is 0.419 e. The molecule has 4 nitrogen and oxygen atoms in total. The van der Waals surface area contributed by atoms with Crippen molar-refractivity contribution in [1.82, 2.24) is 10.2 Å². The minimum absolute atomic E-state index is 0.278. The highest BCUT2D eigenvalue weighted by molar-refractivity contribution is 5.52. The van der Waals surface area contributed by atoms with Gasteiger partial charge in [0.1, 0.15) is 5.82 Å². The van der Waals surface area contributed by atoms with Gasteiger partial charge in [0.15, 0.2) is 0 Å². The van der Waals surface area contributed by atoms with Crippen molar-refractivity contribution < 1.29 is 8.81 Å². The van der Waals surface area contributed by atoms with Gasteiger partial charge in [0.05, 0.1) is 6.04 Å². The number of rotatable bonds is 4.